The topological polar surface area (TPSA) is 67.1 Å². The Morgan fingerprint density at radius 3 is 2.76 bits per heavy atom. The molecule has 29 heavy (non-hydrogen) atoms. The quantitative estimate of drug-likeness (QED) is 0.675. The Balaban J connectivity index is 1.52. The Bertz CT molecular complexity index is 954. The average molecular weight is 392 g/mol. The Morgan fingerprint density at radius 1 is 1.24 bits per heavy atom. The Morgan fingerprint density at radius 2 is 2.10 bits per heavy atom. The highest BCUT2D eigenvalue weighted by molar-refractivity contribution is 5.69. The minimum absolute atomic E-state index is 0.178. The molecule has 0 spiro atoms. The number of hydrogen-bond donors (Lipinski definition) is 1. The summed E-state index contributed by atoms with van der Waals surface area (Å²) in [6.45, 7) is 4.69. The molecule has 6 nitrogen and oxygen atoms in total. The van der Waals surface area contributed by atoms with Gasteiger partial charge in [0.15, 0.2) is 5.82 Å². The van der Waals surface area contributed by atoms with Crippen LogP contribution in [0.25, 0.3) is 16.9 Å². The molecule has 1 aromatic carbocycles. The van der Waals surface area contributed by atoms with E-state index in [1.54, 1.807) is 18.6 Å². The lowest BCUT2D eigenvalue weighted by Crippen LogP contribution is -2.40. The highest BCUT2D eigenvalue weighted by atomic mass is 16.3. The minimum atomic E-state index is 0.178. The van der Waals surface area contributed by atoms with Gasteiger partial charge in [0, 0.05) is 37.1 Å². The zero-order valence-corrected chi connectivity index (χ0v) is 17.4. The second-order valence-corrected chi connectivity index (χ2v) is 8.47. The molecule has 6 heteroatoms. The smallest absolute Gasteiger partial charge is 0.151 e. The van der Waals surface area contributed by atoms with Crippen molar-refractivity contribution in [3.63, 3.8) is 0 Å². The van der Waals surface area contributed by atoms with Crippen molar-refractivity contribution in [2.24, 2.45) is 5.41 Å². The molecule has 152 valence electrons. The van der Waals surface area contributed by atoms with E-state index in [0.717, 1.165) is 11.5 Å². The summed E-state index contributed by atoms with van der Waals surface area (Å²) in [6.07, 6.45) is 11.4. The Kier molecular flexibility index (Phi) is 5.26. The first-order chi connectivity index (χ1) is 14.0. The number of benzene rings is 1. The van der Waals surface area contributed by atoms with Gasteiger partial charge in [0.2, 0.25) is 0 Å². The molecule has 1 aliphatic carbocycles. The van der Waals surface area contributed by atoms with Crippen LogP contribution in [0.15, 0.2) is 49.1 Å². The summed E-state index contributed by atoms with van der Waals surface area (Å²) in [7, 11) is 2.12. The SMILES string of the molecule is CC[C@@]1(C)CCC[C@@H](N(C)c2ccc(-c3ccc(-n4ccnc4)cc3O)nn2)C1. The number of phenols is 1. The van der Waals surface area contributed by atoms with Crippen molar-refractivity contribution in [1.29, 1.82) is 0 Å². The van der Waals surface area contributed by atoms with Gasteiger partial charge in [-0.25, -0.2) is 4.98 Å². The molecule has 2 atom stereocenters. The van der Waals surface area contributed by atoms with Crippen LogP contribution in [0.4, 0.5) is 5.82 Å². The van der Waals surface area contributed by atoms with Crippen LogP contribution in [-0.4, -0.2) is 37.9 Å². The molecule has 1 aliphatic rings. The van der Waals surface area contributed by atoms with Crippen LogP contribution in [0.1, 0.15) is 46.0 Å². The normalized spacial score (nSPS) is 21.8. The van der Waals surface area contributed by atoms with Crippen molar-refractivity contribution in [3.05, 3.63) is 49.1 Å². The van der Waals surface area contributed by atoms with Crippen LogP contribution in [0, 0.1) is 5.41 Å². The van der Waals surface area contributed by atoms with Crippen molar-refractivity contribution in [2.45, 2.75) is 52.0 Å². The van der Waals surface area contributed by atoms with Crippen LogP contribution in [-0.2, 0) is 0 Å². The summed E-state index contributed by atoms with van der Waals surface area (Å²) < 4.78 is 1.85. The molecule has 0 radical (unpaired) electrons. The van der Waals surface area contributed by atoms with E-state index in [-0.39, 0.29) is 5.75 Å². The van der Waals surface area contributed by atoms with Crippen LogP contribution >= 0.6 is 0 Å². The van der Waals surface area contributed by atoms with E-state index in [9.17, 15) is 5.11 Å². The molecular formula is C23H29N5O. The van der Waals surface area contributed by atoms with Crippen molar-refractivity contribution >= 4 is 5.82 Å². The minimum Gasteiger partial charge on any atom is -0.507 e. The first kappa shape index (κ1) is 19.4. The maximum absolute atomic E-state index is 10.5. The van der Waals surface area contributed by atoms with Crippen molar-refractivity contribution in [2.75, 3.05) is 11.9 Å². The van der Waals surface area contributed by atoms with Gasteiger partial charge in [0.1, 0.15) is 5.75 Å². The van der Waals surface area contributed by atoms with Gasteiger partial charge in [0.25, 0.3) is 0 Å². The van der Waals surface area contributed by atoms with Crippen LogP contribution in [0.2, 0.25) is 0 Å². The third kappa shape index (κ3) is 3.97. The fraction of sp³-hybridized carbons (Fsp3) is 0.435. The number of nitrogens with zero attached hydrogens (tertiary/aromatic N) is 5. The fourth-order valence-electron chi connectivity index (χ4n) is 4.34. The predicted octanol–water partition coefficient (Wildman–Crippen LogP) is 4.83. The van der Waals surface area contributed by atoms with E-state index in [1.165, 1.54) is 32.1 Å². The molecule has 3 aromatic rings. The third-order valence-electron chi connectivity index (χ3n) is 6.52. The maximum Gasteiger partial charge on any atom is 0.151 e. The summed E-state index contributed by atoms with van der Waals surface area (Å²) in [5.41, 5.74) is 2.61. The molecule has 2 aromatic heterocycles. The van der Waals surface area contributed by atoms with Crippen LogP contribution < -0.4 is 4.90 Å². The monoisotopic (exact) mass is 391 g/mol. The van der Waals surface area contributed by atoms with E-state index in [4.69, 9.17) is 0 Å². The van der Waals surface area contributed by atoms with Crippen molar-refractivity contribution < 1.29 is 5.11 Å². The van der Waals surface area contributed by atoms with E-state index in [0.29, 0.717) is 22.7 Å². The first-order valence-electron chi connectivity index (χ1n) is 10.4. The number of hydrogen-bond acceptors (Lipinski definition) is 5. The fourth-order valence-corrected chi connectivity index (χ4v) is 4.34. The lowest BCUT2D eigenvalue weighted by molar-refractivity contribution is 0.185. The molecule has 0 aliphatic heterocycles. The zero-order chi connectivity index (χ0) is 20.4. The lowest BCUT2D eigenvalue weighted by atomic mass is 9.71. The van der Waals surface area contributed by atoms with E-state index >= 15 is 0 Å². The van der Waals surface area contributed by atoms with Gasteiger partial charge < -0.3 is 14.6 Å². The average Bonchev–Trinajstić information content (AvgIpc) is 3.28. The summed E-state index contributed by atoms with van der Waals surface area (Å²) >= 11 is 0. The van der Waals surface area contributed by atoms with Crippen molar-refractivity contribution in [3.8, 4) is 22.7 Å². The molecule has 0 unspecified atom stereocenters. The van der Waals surface area contributed by atoms with Gasteiger partial charge in [-0.2, -0.15) is 0 Å². The molecule has 2 heterocycles. The lowest BCUT2D eigenvalue weighted by Gasteiger charge is -2.41. The number of anilines is 1. The number of aromatic hydroxyl groups is 1. The molecule has 0 amide bonds. The van der Waals surface area contributed by atoms with Crippen LogP contribution in [0.3, 0.4) is 0 Å². The number of rotatable bonds is 5. The molecule has 1 fully saturated rings. The van der Waals surface area contributed by atoms with Crippen LogP contribution in [0.5, 0.6) is 5.75 Å². The summed E-state index contributed by atoms with van der Waals surface area (Å²) in [5, 5.41) is 19.4. The van der Waals surface area contributed by atoms with Crippen molar-refractivity contribution in [1.82, 2.24) is 19.7 Å². The van der Waals surface area contributed by atoms with Gasteiger partial charge in [-0.3, -0.25) is 0 Å². The largest absolute Gasteiger partial charge is 0.507 e. The Hall–Kier alpha value is -2.89. The molecule has 1 N–H and O–H groups in total. The zero-order valence-electron chi connectivity index (χ0n) is 17.4. The highest BCUT2D eigenvalue weighted by Gasteiger charge is 2.33. The maximum atomic E-state index is 10.5. The molecular weight excluding hydrogens is 362 g/mol. The van der Waals surface area contributed by atoms with Gasteiger partial charge in [-0.1, -0.05) is 26.7 Å². The van der Waals surface area contributed by atoms with Gasteiger partial charge in [-0.05, 0) is 48.9 Å². The molecule has 0 bridgehead atoms. The highest BCUT2D eigenvalue weighted by Crippen LogP contribution is 2.40. The summed E-state index contributed by atoms with van der Waals surface area (Å²) in [5.74, 6) is 1.06. The first-order valence-corrected chi connectivity index (χ1v) is 10.4. The Labute approximate surface area is 172 Å². The molecule has 0 saturated heterocycles. The van der Waals surface area contributed by atoms with E-state index < -0.39 is 0 Å². The van der Waals surface area contributed by atoms with E-state index in [2.05, 4.69) is 41.0 Å². The second kappa shape index (κ2) is 7.85. The standard InChI is InChI=1S/C23H29N5O/c1-4-23(2)11-5-6-18(15-23)27(3)22-10-9-20(25-26-22)19-8-7-17(14-21(19)29)28-13-12-24-16-28/h7-10,12-14,16,18,29H,4-6,11,15H2,1-3H3/t18-,23+/m1/s1. The van der Waals surface area contributed by atoms with Gasteiger partial charge >= 0.3 is 0 Å². The van der Waals surface area contributed by atoms with E-state index in [1.807, 2.05) is 35.0 Å². The summed E-state index contributed by atoms with van der Waals surface area (Å²) in [4.78, 5) is 6.31. The number of phenolic OH excluding ortho intramolecular Hbond substituents is 1. The predicted molar refractivity (Wildman–Crippen MR) is 115 cm³/mol. The molecule has 4 rings (SSSR count). The van der Waals surface area contributed by atoms with Gasteiger partial charge in [-0.15, -0.1) is 10.2 Å². The number of imidazole rings is 1. The van der Waals surface area contributed by atoms with Gasteiger partial charge in [0.05, 0.1) is 17.7 Å². The third-order valence-corrected chi connectivity index (χ3v) is 6.52. The number of aromatic nitrogens is 4. The summed E-state index contributed by atoms with van der Waals surface area (Å²) in [6, 6.07) is 9.96. The molecule has 1 saturated carbocycles. The second-order valence-electron chi connectivity index (χ2n) is 8.47.